The van der Waals surface area contributed by atoms with Gasteiger partial charge in [-0.2, -0.15) is 0 Å². The molecule has 0 aliphatic carbocycles. The minimum Gasteiger partial charge on any atom is -0.441 e. The Hall–Kier alpha value is -2.34. The fourth-order valence-electron chi connectivity index (χ4n) is 3.15. The molecule has 1 aliphatic rings. The summed E-state index contributed by atoms with van der Waals surface area (Å²) in [6.07, 6.45) is 0.954. The van der Waals surface area contributed by atoms with Gasteiger partial charge in [-0.1, -0.05) is 0 Å². The summed E-state index contributed by atoms with van der Waals surface area (Å²) in [7, 11) is 0. The third-order valence-corrected chi connectivity index (χ3v) is 5.39. The summed E-state index contributed by atoms with van der Waals surface area (Å²) in [5.41, 5.74) is 3.73. The Morgan fingerprint density at radius 2 is 2.29 bits per heavy atom. The van der Waals surface area contributed by atoms with Gasteiger partial charge in [0, 0.05) is 30.6 Å². The SMILES string of the molecule is Cc1nc2cc(NC(C)C(=O)N3CCc4sccc4C3)ccc2o1. The van der Waals surface area contributed by atoms with Crippen LogP contribution in [0.5, 0.6) is 0 Å². The molecule has 3 heterocycles. The van der Waals surface area contributed by atoms with E-state index in [0.717, 1.165) is 29.8 Å². The van der Waals surface area contributed by atoms with E-state index in [1.54, 1.807) is 11.3 Å². The normalized spacial score (nSPS) is 15.3. The van der Waals surface area contributed by atoms with Crippen LogP contribution < -0.4 is 5.32 Å². The lowest BCUT2D eigenvalue weighted by Crippen LogP contribution is -2.43. The summed E-state index contributed by atoms with van der Waals surface area (Å²) in [6, 6.07) is 7.56. The Morgan fingerprint density at radius 3 is 3.17 bits per heavy atom. The van der Waals surface area contributed by atoms with E-state index in [4.69, 9.17) is 4.42 Å². The molecule has 1 N–H and O–H groups in total. The fraction of sp³-hybridized carbons (Fsp3) is 0.333. The summed E-state index contributed by atoms with van der Waals surface area (Å²) in [5, 5.41) is 5.39. The number of nitrogens with one attached hydrogen (secondary N) is 1. The van der Waals surface area contributed by atoms with E-state index in [1.165, 1.54) is 10.4 Å². The highest BCUT2D eigenvalue weighted by Gasteiger charge is 2.25. The van der Waals surface area contributed by atoms with Crippen molar-refractivity contribution in [1.29, 1.82) is 0 Å². The molecule has 4 rings (SSSR count). The molecule has 5 nitrogen and oxygen atoms in total. The van der Waals surface area contributed by atoms with Crippen LogP contribution in [-0.4, -0.2) is 28.4 Å². The molecule has 24 heavy (non-hydrogen) atoms. The van der Waals surface area contributed by atoms with Gasteiger partial charge >= 0.3 is 0 Å². The average Bonchev–Trinajstić information content (AvgIpc) is 3.17. The lowest BCUT2D eigenvalue weighted by molar-refractivity contribution is -0.132. The van der Waals surface area contributed by atoms with E-state index >= 15 is 0 Å². The van der Waals surface area contributed by atoms with Crippen LogP contribution in [0.1, 0.15) is 23.3 Å². The van der Waals surface area contributed by atoms with Crippen molar-refractivity contribution in [2.45, 2.75) is 32.9 Å². The van der Waals surface area contributed by atoms with Crippen molar-refractivity contribution in [3.63, 3.8) is 0 Å². The number of fused-ring (bicyclic) bond motifs is 2. The van der Waals surface area contributed by atoms with E-state index in [0.29, 0.717) is 12.4 Å². The van der Waals surface area contributed by atoms with Crippen molar-refractivity contribution in [3.05, 3.63) is 46.0 Å². The summed E-state index contributed by atoms with van der Waals surface area (Å²) in [4.78, 5) is 20.4. The second kappa shape index (κ2) is 5.94. The molecule has 0 bridgehead atoms. The van der Waals surface area contributed by atoms with Crippen molar-refractivity contribution in [3.8, 4) is 0 Å². The molecule has 3 aromatic rings. The van der Waals surface area contributed by atoms with E-state index in [9.17, 15) is 4.79 Å². The van der Waals surface area contributed by atoms with Gasteiger partial charge in [0.05, 0.1) is 0 Å². The van der Waals surface area contributed by atoms with Gasteiger partial charge in [0.2, 0.25) is 5.91 Å². The first-order chi connectivity index (χ1) is 11.6. The predicted octanol–water partition coefficient (Wildman–Crippen LogP) is 3.58. The molecule has 1 aliphatic heterocycles. The fourth-order valence-corrected chi connectivity index (χ4v) is 4.04. The van der Waals surface area contributed by atoms with Crippen LogP contribution in [-0.2, 0) is 17.8 Å². The molecule has 1 unspecified atom stereocenters. The van der Waals surface area contributed by atoms with Gasteiger partial charge in [0.15, 0.2) is 11.5 Å². The Morgan fingerprint density at radius 1 is 1.42 bits per heavy atom. The number of amides is 1. The number of carbonyl (C=O) groups excluding carboxylic acids is 1. The predicted molar refractivity (Wildman–Crippen MR) is 95.3 cm³/mol. The average molecular weight is 341 g/mol. The number of aromatic nitrogens is 1. The largest absolute Gasteiger partial charge is 0.441 e. The Balaban J connectivity index is 1.46. The van der Waals surface area contributed by atoms with Gasteiger partial charge in [-0.15, -0.1) is 11.3 Å². The molecule has 0 saturated carbocycles. The number of hydrogen-bond acceptors (Lipinski definition) is 5. The number of rotatable bonds is 3. The number of oxazole rings is 1. The Labute approximate surface area is 144 Å². The van der Waals surface area contributed by atoms with Gasteiger partial charge in [-0.3, -0.25) is 4.79 Å². The number of thiophene rings is 1. The van der Waals surface area contributed by atoms with Crippen LogP contribution >= 0.6 is 11.3 Å². The van der Waals surface area contributed by atoms with Crippen molar-refractivity contribution in [2.75, 3.05) is 11.9 Å². The number of anilines is 1. The van der Waals surface area contributed by atoms with Crippen LogP contribution in [0.4, 0.5) is 5.69 Å². The van der Waals surface area contributed by atoms with E-state index in [1.807, 2.05) is 36.9 Å². The summed E-state index contributed by atoms with van der Waals surface area (Å²) >= 11 is 1.78. The van der Waals surface area contributed by atoms with E-state index < -0.39 is 0 Å². The number of hydrogen-bond donors (Lipinski definition) is 1. The van der Waals surface area contributed by atoms with Crippen molar-refractivity contribution < 1.29 is 9.21 Å². The summed E-state index contributed by atoms with van der Waals surface area (Å²) in [5.74, 6) is 0.773. The van der Waals surface area contributed by atoms with Gasteiger partial charge in [-0.05, 0) is 48.6 Å². The number of nitrogens with zero attached hydrogens (tertiary/aromatic N) is 2. The highest BCUT2D eigenvalue weighted by molar-refractivity contribution is 7.10. The maximum Gasteiger partial charge on any atom is 0.245 e. The van der Waals surface area contributed by atoms with Crippen molar-refractivity contribution in [1.82, 2.24) is 9.88 Å². The second-order valence-corrected chi connectivity index (χ2v) is 7.16. The van der Waals surface area contributed by atoms with Gasteiger partial charge < -0.3 is 14.6 Å². The minimum absolute atomic E-state index is 0.128. The highest BCUT2D eigenvalue weighted by atomic mass is 32.1. The number of aryl methyl sites for hydroxylation is 1. The maximum absolute atomic E-state index is 12.7. The first kappa shape index (κ1) is 15.2. The zero-order chi connectivity index (χ0) is 16.7. The molecular formula is C18H19N3O2S. The van der Waals surface area contributed by atoms with Crippen LogP contribution in [0, 0.1) is 6.92 Å². The van der Waals surface area contributed by atoms with Crippen LogP contribution in [0.15, 0.2) is 34.1 Å². The Kier molecular flexibility index (Phi) is 3.76. The molecular weight excluding hydrogens is 322 g/mol. The summed E-state index contributed by atoms with van der Waals surface area (Å²) in [6.45, 7) is 5.24. The topological polar surface area (TPSA) is 58.4 Å². The van der Waals surface area contributed by atoms with Gasteiger partial charge in [0.25, 0.3) is 0 Å². The van der Waals surface area contributed by atoms with Gasteiger partial charge in [-0.25, -0.2) is 4.98 Å². The first-order valence-electron chi connectivity index (χ1n) is 8.08. The second-order valence-electron chi connectivity index (χ2n) is 6.16. The molecule has 0 saturated heterocycles. The third kappa shape index (κ3) is 2.78. The molecule has 0 spiro atoms. The first-order valence-corrected chi connectivity index (χ1v) is 8.96. The van der Waals surface area contributed by atoms with E-state index in [2.05, 4.69) is 21.7 Å². The minimum atomic E-state index is -0.282. The third-order valence-electron chi connectivity index (χ3n) is 4.37. The zero-order valence-corrected chi connectivity index (χ0v) is 14.5. The molecule has 1 amide bonds. The van der Waals surface area contributed by atoms with E-state index in [-0.39, 0.29) is 11.9 Å². The molecule has 1 atom stereocenters. The highest BCUT2D eigenvalue weighted by Crippen LogP contribution is 2.25. The maximum atomic E-state index is 12.7. The lowest BCUT2D eigenvalue weighted by atomic mass is 10.1. The number of carbonyl (C=O) groups is 1. The van der Waals surface area contributed by atoms with Crippen LogP contribution in [0.3, 0.4) is 0 Å². The summed E-state index contributed by atoms with van der Waals surface area (Å²) < 4.78 is 5.48. The molecule has 1 aromatic carbocycles. The molecule has 0 radical (unpaired) electrons. The molecule has 0 fully saturated rings. The van der Waals surface area contributed by atoms with Crippen molar-refractivity contribution in [2.24, 2.45) is 0 Å². The zero-order valence-electron chi connectivity index (χ0n) is 13.7. The van der Waals surface area contributed by atoms with Crippen LogP contribution in [0.2, 0.25) is 0 Å². The smallest absolute Gasteiger partial charge is 0.245 e. The quantitative estimate of drug-likeness (QED) is 0.791. The molecule has 124 valence electrons. The molecule has 2 aromatic heterocycles. The monoisotopic (exact) mass is 341 g/mol. The lowest BCUT2D eigenvalue weighted by Gasteiger charge is -2.30. The Bertz CT molecular complexity index is 899. The van der Waals surface area contributed by atoms with Crippen LogP contribution in [0.25, 0.3) is 11.1 Å². The van der Waals surface area contributed by atoms with Gasteiger partial charge in [0.1, 0.15) is 11.6 Å². The molecule has 6 heteroatoms. The number of benzene rings is 1. The standard InChI is InChI=1S/C18H19N3O2S/c1-11(18(22)21-7-5-17-13(10-21)6-8-24-17)19-14-3-4-16-15(9-14)20-12(2)23-16/h3-4,6,8-9,11,19H,5,7,10H2,1-2H3. The van der Waals surface area contributed by atoms with Crippen molar-refractivity contribution >= 4 is 34.0 Å².